The minimum Gasteiger partial charge on any atom is -0.381 e. The fraction of sp³-hybridized carbons (Fsp3) is 0.571. The van der Waals surface area contributed by atoms with Crippen molar-refractivity contribution in [1.82, 2.24) is 0 Å². The molecule has 0 bridgehead atoms. The van der Waals surface area contributed by atoms with Gasteiger partial charge in [-0.25, -0.2) is 0 Å². The van der Waals surface area contributed by atoms with Crippen molar-refractivity contribution < 1.29 is 18.8 Å². The number of hydrogen-bond acceptors (Lipinski definition) is 4. The number of nitro benzene ring substituents is 1. The van der Waals surface area contributed by atoms with Gasteiger partial charge in [0.05, 0.1) is 23.7 Å². The summed E-state index contributed by atoms with van der Waals surface area (Å²) < 4.78 is 24.5. The molecule has 1 saturated carbocycles. The van der Waals surface area contributed by atoms with Crippen LogP contribution in [0.4, 0.5) is 10.1 Å². The van der Waals surface area contributed by atoms with Crippen molar-refractivity contribution >= 4 is 5.69 Å². The third kappa shape index (κ3) is 3.74. The zero-order valence-electron chi connectivity index (χ0n) is 11.4. The smallest absolute Gasteiger partial charge is 0.304 e. The van der Waals surface area contributed by atoms with E-state index < -0.39 is 16.4 Å². The lowest BCUT2D eigenvalue weighted by molar-refractivity contribution is -0.387. The molecule has 0 aliphatic heterocycles. The molecule has 1 aromatic carbocycles. The predicted molar refractivity (Wildman–Crippen MR) is 70.9 cm³/mol. The highest BCUT2D eigenvalue weighted by Gasteiger charge is 2.22. The summed E-state index contributed by atoms with van der Waals surface area (Å²) >= 11 is 0. The maximum atomic E-state index is 13.5. The molecule has 2 unspecified atom stereocenters. The Bertz CT molecular complexity index is 480. The van der Waals surface area contributed by atoms with E-state index in [0.717, 1.165) is 31.7 Å². The third-order valence-electron chi connectivity index (χ3n) is 3.61. The minimum atomic E-state index is -0.825. The number of benzene rings is 1. The number of halogens is 1. The van der Waals surface area contributed by atoms with Gasteiger partial charge >= 0.3 is 5.69 Å². The van der Waals surface area contributed by atoms with Crippen LogP contribution in [0.1, 0.15) is 31.2 Å². The quantitative estimate of drug-likeness (QED) is 0.615. The highest BCUT2D eigenvalue weighted by atomic mass is 19.1. The molecule has 5 nitrogen and oxygen atoms in total. The molecule has 1 fully saturated rings. The molecule has 6 heteroatoms. The molecule has 2 rings (SSSR count). The SMILES string of the molecule is COC1CCCC(OCc2ccc([N+](=O)[O-])c(F)c2)C1. The first-order valence-corrected chi connectivity index (χ1v) is 6.67. The van der Waals surface area contributed by atoms with Crippen molar-refractivity contribution in [2.75, 3.05) is 7.11 Å². The van der Waals surface area contributed by atoms with Crippen LogP contribution in [0.15, 0.2) is 18.2 Å². The molecule has 110 valence electrons. The lowest BCUT2D eigenvalue weighted by Crippen LogP contribution is -2.27. The molecule has 0 spiro atoms. The summed E-state index contributed by atoms with van der Waals surface area (Å²) in [5.41, 5.74) is 0.0958. The van der Waals surface area contributed by atoms with Crippen LogP contribution < -0.4 is 0 Å². The van der Waals surface area contributed by atoms with E-state index in [4.69, 9.17) is 9.47 Å². The maximum absolute atomic E-state index is 13.5. The fourth-order valence-corrected chi connectivity index (χ4v) is 2.47. The Hall–Kier alpha value is -1.53. The summed E-state index contributed by atoms with van der Waals surface area (Å²) in [6, 6.07) is 3.86. The van der Waals surface area contributed by atoms with Crippen LogP contribution in [0.3, 0.4) is 0 Å². The van der Waals surface area contributed by atoms with Crippen molar-refractivity contribution in [3.63, 3.8) is 0 Å². The molecule has 0 N–H and O–H groups in total. The van der Waals surface area contributed by atoms with E-state index in [2.05, 4.69) is 0 Å². The summed E-state index contributed by atoms with van der Waals surface area (Å²) in [5, 5.41) is 10.5. The molecule has 0 amide bonds. The Morgan fingerprint density at radius 3 is 2.80 bits per heavy atom. The van der Waals surface area contributed by atoms with Crippen LogP contribution in [-0.4, -0.2) is 24.2 Å². The van der Waals surface area contributed by atoms with Gasteiger partial charge in [0.1, 0.15) is 0 Å². The van der Waals surface area contributed by atoms with Gasteiger partial charge in [-0.05, 0) is 43.4 Å². The summed E-state index contributed by atoms with van der Waals surface area (Å²) in [6.07, 6.45) is 4.23. The summed E-state index contributed by atoms with van der Waals surface area (Å²) in [5.74, 6) is -0.825. The van der Waals surface area contributed by atoms with Gasteiger partial charge < -0.3 is 9.47 Å². The van der Waals surface area contributed by atoms with Gasteiger partial charge in [-0.3, -0.25) is 10.1 Å². The van der Waals surface area contributed by atoms with Gasteiger partial charge in [-0.2, -0.15) is 4.39 Å². The molecular formula is C14H18FNO4. The molecule has 0 saturated heterocycles. The van der Waals surface area contributed by atoms with Crippen LogP contribution in [0.5, 0.6) is 0 Å². The second-order valence-corrected chi connectivity index (χ2v) is 5.00. The lowest BCUT2D eigenvalue weighted by Gasteiger charge is -2.28. The van der Waals surface area contributed by atoms with E-state index in [9.17, 15) is 14.5 Å². The van der Waals surface area contributed by atoms with Gasteiger partial charge in [0.15, 0.2) is 0 Å². The average Bonchev–Trinajstić information content (AvgIpc) is 2.45. The second kappa shape index (κ2) is 6.76. The van der Waals surface area contributed by atoms with Gasteiger partial charge in [-0.15, -0.1) is 0 Å². The van der Waals surface area contributed by atoms with Crippen LogP contribution in [0.25, 0.3) is 0 Å². The Labute approximate surface area is 116 Å². The van der Waals surface area contributed by atoms with E-state index in [-0.39, 0.29) is 18.8 Å². The molecule has 20 heavy (non-hydrogen) atoms. The molecule has 1 aliphatic rings. The largest absolute Gasteiger partial charge is 0.381 e. The van der Waals surface area contributed by atoms with Crippen molar-refractivity contribution in [3.8, 4) is 0 Å². The topological polar surface area (TPSA) is 61.6 Å². The number of methoxy groups -OCH3 is 1. The minimum absolute atomic E-state index is 0.104. The van der Waals surface area contributed by atoms with Gasteiger partial charge in [0, 0.05) is 13.2 Å². The number of rotatable bonds is 5. The first-order valence-electron chi connectivity index (χ1n) is 6.67. The van der Waals surface area contributed by atoms with E-state index in [1.165, 1.54) is 12.1 Å². The number of nitro groups is 1. The third-order valence-corrected chi connectivity index (χ3v) is 3.61. The van der Waals surface area contributed by atoms with E-state index in [1.807, 2.05) is 0 Å². The summed E-state index contributed by atoms with van der Waals surface area (Å²) in [7, 11) is 1.69. The molecule has 2 atom stereocenters. The highest BCUT2D eigenvalue weighted by Crippen LogP contribution is 2.24. The van der Waals surface area contributed by atoms with Crippen molar-refractivity contribution in [2.45, 2.75) is 44.5 Å². The average molecular weight is 283 g/mol. The number of nitrogens with zero attached hydrogens (tertiary/aromatic N) is 1. The normalized spacial score (nSPS) is 22.7. The monoisotopic (exact) mass is 283 g/mol. The number of hydrogen-bond donors (Lipinski definition) is 0. The van der Waals surface area contributed by atoms with Crippen LogP contribution in [0.2, 0.25) is 0 Å². The van der Waals surface area contributed by atoms with Gasteiger partial charge in [0.2, 0.25) is 5.82 Å². The van der Waals surface area contributed by atoms with Crippen LogP contribution in [0, 0.1) is 15.9 Å². The second-order valence-electron chi connectivity index (χ2n) is 5.00. The molecule has 0 aromatic heterocycles. The summed E-state index contributed by atoms with van der Waals surface area (Å²) in [6.45, 7) is 0.260. The van der Waals surface area contributed by atoms with Gasteiger partial charge in [0.25, 0.3) is 0 Å². The predicted octanol–water partition coefficient (Wildman–Crippen LogP) is 3.21. The maximum Gasteiger partial charge on any atom is 0.304 e. The van der Waals surface area contributed by atoms with Crippen molar-refractivity contribution in [2.24, 2.45) is 0 Å². The fourth-order valence-electron chi connectivity index (χ4n) is 2.47. The molecule has 0 radical (unpaired) electrons. The summed E-state index contributed by atoms with van der Waals surface area (Å²) in [4.78, 5) is 9.80. The lowest BCUT2D eigenvalue weighted by atomic mass is 9.95. The van der Waals surface area contributed by atoms with E-state index in [1.54, 1.807) is 7.11 Å². The van der Waals surface area contributed by atoms with E-state index in [0.29, 0.717) is 5.56 Å². The molecule has 0 heterocycles. The highest BCUT2D eigenvalue weighted by molar-refractivity contribution is 5.34. The van der Waals surface area contributed by atoms with E-state index >= 15 is 0 Å². The number of ether oxygens (including phenoxy) is 2. The Morgan fingerprint density at radius 1 is 1.40 bits per heavy atom. The zero-order chi connectivity index (χ0) is 14.5. The standard InChI is InChI=1S/C14H18FNO4/c1-19-11-3-2-4-12(8-11)20-9-10-5-6-14(16(17)18)13(15)7-10/h5-7,11-12H,2-4,8-9H2,1H3. The molecule has 1 aromatic rings. The van der Waals surface area contributed by atoms with Crippen molar-refractivity contribution in [3.05, 3.63) is 39.7 Å². The molecule has 1 aliphatic carbocycles. The van der Waals surface area contributed by atoms with Crippen molar-refractivity contribution in [1.29, 1.82) is 0 Å². The Kier molecular flexibility index (Phi) is 5.03. The molecular weight excluding hydrogens is 265 g/mol. The Balaban J connectivity index is 1.91. The van der Waals surface area contributed by atoms with Crippen LogP contribution >= 0.6 is 0 Å². The zero-order valence-corrected chi connectivity index (χ0v) is 11.4. The Morgan fingerprint density at radius 2 is 2.15 bits per heavy atom. The first kappa shape index (κ1) is 14.9. The first-order chi connectivity index (χ1) is 9.60. The van der Waals surface area contributed by atoms with Gasteiger partial charge in [-0.1, -0.05) is 0 Å². The van der Waals surface area contributed by atoms with Crippen LogP contribution in [-0.2, 0) is 16.1 Å².